The van der Waals surface area contributed by atoms with E-state index in [2.05, 4.69) is 11.8 Å². The van der Waals surface area contributed by atoms with Gasteiger partial charge in [-0.1, -0.05) is 6.92 Å². The molecule has 0 aliphatic carbocycles. The van der Waals surface area contributed by atoms with Gasteiger partial charge in [-0.25, -0.2) is 0 Å². The molecule has 0 aromatic rings. The van der Waals surface area contributed by atoms with Crippen molar-refractivity contribution in [3.05, 3.63) is 0 Å². The maximum Gasteiger partial charge on any atom is 0.234 e. The molecule has 0 aromatic carbocycles. The highest BCUT2D eigenvalue weighted by Gasteiger charge is 2.31. The molecule has 1 atom stereocenters. The molecule has 1 rings (SSSR count). The number of hydrogen-bond acceptors (Lipinski definition) is 3. The van der Waals surface area contributed by atoms with Gasteiger partial charge in [-0.15, -0.1) is 0 Å². The minimum atomic E-state index is -0.235. The third-order valence-electron chi connectivity index (χ3n) is 3.46. The van der Waals surface area contributed by atoms with E-state index in [9.17, 15) is 4.79 Å². The third-order valence-corrected chi connectivity index (χ3v) is 3.46. The van der Waals surface area contributed by atoms with Gasteiger partial charge in [0, 0.05) is 0 Å². The molecule has 1 unspecified atom stereocenters. The van der Waals surface area contributed by atoms with Crippen LogP contribution in [0.4, 0.5) is 0 Å². The predicted molar refractivity (Wildman–Crippen MR) is 56.6 cm³/mol. The van der Waals surface area contributed by atoms with Crippen molar-refractivity contribution in [2.45, 2.75) is 32.7 Å². The lowest BCUT2D eigenvalue weighted by Crippen LogP contribution is -2.49. The maximum absolute atomic E-state index is 11.0. The molecule has 1 aliphatic heterocycles. The largest absolute Gasteiger partial charge is 0.368 e. The van der Waals surface area contributed by atoms with Crippen molar-refractivity contribution >= 4 is 5.91 Å². The smallest absolute Gasteiger partial charge is 0.234 e. The second-order valence-electron chi connectivity index (χ2n) is 4.63. The summed E-state index contributed by atoms with van der Waals surface area (Å²) in [4.78, 5) is 13.1. The van der Waals surface area contributed by atoms with Gasteiger partial charge in [0.25, 0.3) is 0 Å². The fourth-order valence-corrected chi connectivity index (χ4v) is 1.84. The van der Waals surface area contributed by atoms with Crippen molar-refractivity contribution in [3.8, 4) is 0 Å². The molecule has 0 spiro atoms. The van der Waals surface area contributed by atoms with E-state index in [-0.39, 0.29) is 17.4 Å². The summed E-state index contributed by atoms with van der Waals surface area (Å²) in [5.41, 5.74) is 11.2. The van der Waals surface area contributed by atoms with E-state index < -0.39 is 0 Å². The highest BCUT2D eigenvalue weighted by molar-refractivity contribution is 5.79. The summed E-state index contributed by atoms with van der Waals surface area (Å²) in [5.74, 6) is -0.235. The predicted octanol–water partition coefficient (Wildman–Crippen LogP) is -0.0790. The number of likely N-dealkylation sites (tertiary alicyclic amines) is 1. The molecule has 4 heteroatoms. The van der Waals surface area contributed by atoms with Crippen LogP contribution in [0.2, 0.25) is 0 Å². The summed E-state index contributed by atoms with van der Waals surface area (Å²) in [7, 11) is 0. The van der Waals surface area contributed by atoms with E-state index >= 15 is 0 Å². The van der Waals surface area contributed by atoms with Crippen molar-refractivity contribution in [1.82, 2.24) is 4.90 Å². The molecule has 1 aliphatic rings. The molecule has 1 heterocycles. The zero-order chi connectivity index (χ0) is 10.8. The second-order valence-corrected chi connectivity index (χ2v) is 4.63. The molecule has 0 saturated carbocycles. The van der Waals surface area contributed by atoms with E-state index in [1.165, 1.54) is 0 Å². The van der Waals surface area contributed by atoms with E-state index in [0.717, 1.165) is 32.5 Å². The van der Waals surface area contributed by atoms with Crippen LogP contribution in [0.1, 0.15) is 26.7 Å². The summed E-state index contributed by atoms with van der Waals surface area (Å²) >= 11 is 0. The molecule has 14 heavy (non-hydrogen) atoms. The van der Waals surface area contributed by atoms with Crippen LogP contribution in [0, 0.1) is 5.41 Å². The van der Waals surface area contributed by atoms with Crippen LogP contribution in [-0.4, -0.2) is 36.5 Å². The minimum absolute atomic E-state index is 0.141. The fourth-order valence-electron chi connectivity index (χ4n) is 1.84. The molecule has 0 bridgehead atoms. The number of hydrogen-bond donors (Lipinski definition) is 2. The van der Waals surface area contributed by atoms with Crippen LogP contribution in [-0.2, 0) is 4.79 Å². The lowest BCUT2D eigenvalue weighted by molar-refractivity contribution is -0.123. The summed E-state index contributed by atoms with van der Waals surface area (Å²) in [6.45, 7) is 6.66. The highest BCUT2D eigenvalue weighted by atomic mass is 16.1. The van der Waals surface area contributed by atoms with Crippen LogP contribution in [0.3, 0.4) is 0 Å². The SMILES string of the molecule is CC(C(N)=O)N1CCC(C)(CN)CC1. The van der Waals surface area contributed by atoms with Crippen LogP contribution in [0.15, 0.2) is 0 Å². The van der Waals surface area contributed by atoms with Crippen molar-refractivity contribution in [1.29, 1.82) is 0 Å². The molecule has 4 N–H and O–H groups in total. The van der Waals surface area contributed by atoms with Crippen molar-refractivity contribution in [2.24, 2.45) is 16.9 Å². The normalized spacial score (nSPS) is 24.5. The zero-order valence-corrected chi connectivity index (χ0v) is 9.12. The summed E-state index contributed by atoms with van der Waals surface area (Å²) in [6.07, 6.45) is 2.11. The van der Waals surface area contributed by atoms with Gasteiger partial charge in [-0.05, 0) is 44.8 Å². The number of primary amides is 1. The van der Waals surface area contributed by atoms with Crippen molar-refractivity contribution < 1.29 is 4.79 Å². The Labute approximate surface area is 85.6 Å². The minimum Gasteiger partial charge on any atom is -0.368 e. The number of rotatable bonds is 3. The zero-order valence-electron chi connectivity index (χ0n) is 9.12. The first-order chi connectivity index (χ1) is 6.48. The molecule has 1 saturated heterocycles. The van der Waals surface area contributed by atoms with Gasteiger partial charge in [0.15, 0.2) is 0 Å². The topological polar surface area (TPSA) is 72.4 Å². The highest BCUT2D eigenvalue weighted by Crippen LogP contribution is 2.29. The molecule has 0 aromatic heterocycles. The summed E-state index contributed by atoms with van der Waals surface area (Å²) in [5, 5.41) is 0. The Kier molecular flexibility index (Phi) is 3.50. The molecule has 82 valence electrons. The standard InChI is InChI=1S/C10H21N3O/c1-8(9(12)14)13-5-3-10(2,7-11)4-6-13/h8H,3-7,11H2,1-2H3,(H2,12,14). The number of piperidine rings is 1. The monoisotopic (exact) mass is 199 g/mol. The Morgan fingerprint density at radius 1 is 1.50 bits per heavy atom. The number of nitrogens with two attached hydrogens (primary N) is 2. The van der Waals surface area contributed by atoms with Crippen LogP contribution in [0.25, 0.3) is 0 Å². The number of carbonyl (C=O) groups is 1. The maximum atomic E-state index is 11.0. The first kappa shape index (κ1) is 11.5. The Morgan fingerprint density at radius 2 is 2.00 bits per heavy atom. The van der Waals surface area contributed by atoms with Gasteiger partial charge in [-0.3, -0.25) is 9.69 Å². The first-order valence-electron chi connectivity index (χ1n) is 5.22. The molecule has 4 nitrogen and oxygen atoms in total. The van der Waals surface area contributed by atoms with E-state index in [4.69, 9.17) is 11.5 Å². The Morgan fingerprint density at radius 3 is 2.36 bits per heavy atom. The molecular formula is C10H21N3O. The van der Waals surface area contributed by atoms with E-state index in [1.54, 1.807) is 0 Å². The van der Waals surface area contributed by atoms with Gasteiger partial charge in [-0.2, -0.15) is 0 Å². The molecule has 1 fully saturated rings. The van der Waals surface area contributed by atoms with E-state index in [0.29, 0.717) is 0 Å². The van der Waals surface area contributed by atoms with Crippen LogP contribution >= 0.6 is 0 Å². The van der Waals surface area contributed by atoms with Crippen LogP contribution < -0.4 is 11.5 Å². The average molecular weight is 199 g/mol. The average Bonchev–Trinajstić information content (AvgIpc) is 2.18. The van der Waals surface area contributed by atoms with Crippen molar-refractivity contribution in [3.63, 3.8) is 0 Å². The Bertz CT molecular complexity index is 209. The quantitative estimate of drug-likeness (QED) is 0.668. The fraction of sp³-hybridized carbons (Fsp3) is 0.900. The number of nitrogens with zero attached hydrogens (tertiary/aromatic N) is 1. The Balaban J connectivity index is 2.47. The van der Waals surface area contributed by atoms with Crippen LogP contribution in [0.5, 0.6) is 0 Å². The second kappa shape index (κ2) is 4.28. The number of amides is 1. The van der Waals surface area contributed by atoms with Crippen molar-refractivity contribution in [2.75, 3.05) is 19.6 Å². The van der Waals surface area contributed by atoms with Gasteiger partial charge < -0.3 is 11.5 Å². The molecule has 1 amide bonds. The van der Waals surface area contributed by atoms with Gasteiger partial charge in [0.1, 0.15) is 0 Å². The lowest BCUT2D eigenvalue weighted by atomic mass is 9.80. The summed E-state index contributed by atoms with van der Waals surface area (Å²) < 4.78 is 0. The molecular weight excluding hydrogens is 178 g/mol. The Hall–Kier alpha value is -0.610. The van der Waals surface area contributed by atoms with Gasteiger partial charge >= 0.3 is 0 Å². The number of carbonyl (C=O) groups excluding carboxylic acids is 1. The van der Waals surface area contributed by atoms with E-state index in [1.807, 2.05) is 6.92 Å². The molecule has 0 radical (unpaired) electrons. The lowest BCUT2D eigenvalue weighted by Gasteiger charge is -2.40. The third kappa shape index (κ3) is 2.45. The summed E-state index contributed by atoms with van der Waals surface area (Å²) in [6, 6.07) is -0.141. The van der Waals surface area contributed by atoms with Gasteiger partial charge in [0.2, 0.25) is 5.91 Å². The van der Waals surface area contributed by atoms with Gasteiger partial charge in [0.05, 0.1) is 6.04 Å². The first-order valence-corrected chi connectivity index (χ1v) is 5.22.